The van der Waals surface area contributed by atoms with E-state index in [0.29, 0.717) is 0 Å². The molecule has 0 unspecified atom stereocenters. The van der Waals surface area contributed by atoms with Crippen molar-refractivity contribution in [1.29, 1.82) is 0 Å². The number of benzene rings is 2. The van der Waals surface area contributed by atoms with Crippen LogP contribution in [-0.4, -0.2) is 17.6 Å². The molecule has 0 fully saturated rings. The van der Waals surface area contributed by atoms with E-state index in [-0.39, 0.29) is 0 Å². The lowest BCUT2D eigenvalue weighted by Gasteiger charge is -2.24. The Morgan fingerprint density at radius 2 is 0.786 bits per heavy atom. The summed E-state index contributed by atoms with van der Waals surface area (Å²) in [6, 6.07) is 18.6. The smallest absolute Gasteiger partial charge is 0.0758 e. The van der Waals surface area contributed by atoms with Crippen LogP contribution in [0.2, 0.25) is 22.2 Å². The molecule has 0 radical (unpaired) electrons. The predicted octanol–water partition coefficient (Wildman–Crippen LogP) is 6.26. The second kappa shape index (κ2) is 9.89. The van der Waals surface area contributed by atoms with E-state index >= 15 is 0 Å². The van der Waals surface area contributed by atoms with E-state index in [1.54, 1.807) is 10.4 Å². The zero-order valence-corrected chi connectivity index (χ0v) is 21.6. The summed E-state index contributed by atoms with van der Waals surface area (Å²) in [4.78, 5) is 0. The summed E-state index contributed by atoms with van der Waals surface area (Å²) < 4.78 is 0. The van der Waals surface area contributed by atoms with E-state index in [2.05, 4.69) is 110 Å². The maximum Gasteiger partial charge on any atom is 0.0758 e. The van der Waals surface area contributed by atoms with Gasteiger partial charge in [0.2, 0.25) is 0 Å². The summed E-state index contributed by atoms with van der Waals surface area (Å²) in [5.74, 6) is 0. The fourth-order valence-corrected chi connectivity index (χ4v) is 12.5. The van der Waals surface area contributed by atoms with Crippen molar-refractivity contribution in [3.05, 3.63) is 66.2 Å². The van der Waals surface area contributed by atoms with Crippen LogP contribution in [-0.2, 0) is 0 Å². The van der Waals surface area contributed by atoms with Gasteiger partial charge in [0.25, 0.3) is 0 Å². The molecule has 0 N–H and O–H groups in total. The normalized spacial score (nSPS) is 12.2. The van der Waals surface area contributed by atoms with Crippen LogP contribution < -0.4 is 10.4 Å². The summed E-state index contributed by atoms with van der Waals surface area (Å²) in [7, 11) is -1.85. The predicted molar refractivity (Wildman–Crippen MR) is 135 cm³/mol. The van der Waals surface area contributed by atoms with Crippen molar-refractivity contribution in [3.8, 4) is 0 Å². The minimum Gasteiger partial charge on any atom is -0.0906 e. The Morgan fingerprint density at radius 3 is 1.00 bits per heavy atom. The number of hydrogen-bond acceptors (Lipinski definition) is 0. The zero-order chi connectivity index (χ0) is 21.0. The van der Waals surface area contributed by atoms with E-state index in [9.17, 15) is 0 Å². The van der Waals surface area contributed by atoms with Crippen molar-refractivity contribution in [2.45, 2.75) is 77.6 Å². The van der Waals surface area contributed by atoms with Gasteiger partial charge in [0.05, 0.1) is 17.6 Å². The van der Waals surface area contributed by atoms with Crippen LogP contribution in [0.3, 0.4) is 0 Å². The van der Waals surface area contributed by atoms with Crippen molar-refractivity contribution in [2.75, 3.05) is 0 Å². The van der Waals surface area contributed by atoms with Gasteiger partial charge in [0, 0.05) is 0 Å². The molecule has 0 heterocycles. The first kappa shape index (κ1) is 22.9. The second-order valence-electron chi connectivity index (χ2n) is 9.75. The Hall–Kier alpha value is -1.39. The Bertz CT molecular complexity index is 671. The van der Waals surface area contributed by atoms with E-state index in [0.717, 1.165) is 27.7 Å². The largest absolute Gasteiger partial charge is 0.0906 e. The quantitative estimate of drug-likeness (QED) is 0.452. The van der Waals surface area contributed by atoms with Gasteiger partial charge < -0.3 is 0 Å². The Labute approximate surface area is 177 Å². The number of hydrogen-bond donors (Lipinski definition) is 0. The van der Waals surface area contributed by atoms with Crippen molar-refractivity contribution in [2.24, 2.45) is 0 Å². The van der Waals surface area contributed by atoms with Crippen molar-refractivity contribution < 1.29 is 0 Å². The lowest BCUT2D eigenvalue weighted by Crippen LogP contribution is -2.35. The molecular weight excluding hydrogens is 368 g/mol. The van der Waals surface area contributed by atoms with Gasteiger partial charge >= 0.3 is 0 Å². The molecule has 0 spiro atoms. The monoisotopic (exact) mass is 408 g/mol. The van der Waals surface area contributed by atoms with Crippen molar-refractivity contribution in [3.63, 3.8) is 0 Å². The fourth-order valence-electron chi connectivity index (χ4n) is 5.06. The molecule has 0 aromatic heterocycles. The Morgan fingerprint density at radius 1 is 0.536 bits per heavy atom. The first-order chi connectivity index (χ1) is 13.1. The summed E-state index contributed by atoms with van der Waals surface area (Å²) in [5, 5.41) is 3.17. The van der Waals surface area contributed by atoms with Crippen LogP contribution in [0.15, 0.2) is 55.1 Å². The van der Waals surface area contributed by atoms with Crippen LogP contribution in [0.5, 0.6) is 0 Å². The molecule has 0 saturated heterocycles. The minimum absolute atomic E-state index is 0.792. The first-order valence-electron chi connectivity index (χ1n) is 11.0. The van der Waals surface area contributed by atoms with E-state index < -0.39 is 17.6 Å². The van der Waals surface area contributed by atoms with Crippen LogP contribution in [0, 0.1) is 0 Å². The van der Waals surface area contributed by atoms with E-state index in [1.807, 2.05) is 0 Å². The van der Waals surface area contributed by atoms with Gasteiger partial charge in [-0.1, -0.05) is 121 Å². The second-order valence-corrected chi connectivity index (χ2v) is 18.5. The number of rotatable bonds is 8. The summed E-state index contributed by atoms with van der Waals surface area (Å²) in [5.41, 5.74) is 6.80. The van der Waals surface area contributed by atoms with Crippen molar-refractivity contribution >= 4 is 33.5 Å². The highest BCUT2D eigenvalue weighted by Crippen LogP contribution is 2.25. The highest BCUT2D eigenvalue weighted by molar-refractivity contribution is 6.76. The highest BCUT2D eigenvalue weighted by Gasteiger charge is 2.22. The molecule has 0 nitrogen and oxygen atoms in total. The SMILES string of the molecule is C=C(c1ccc([SiH](C(C)C)C(C)C)cc1)c1ccc([SiH](C(C)C)C(C)C)cc1. The van der Waals surface area contributed by atoms with Crippen molar-refractivity contribution in [1.82, 2.24) is 0 Å². The maximum absolute atomic E-state index is 4.41. The first-order valence-corrected chi connectivity index (χ1v) is 14.8. The van der Waals surface area contributed by atoms with E-state index in [1.165, 1.54) is 11.1 Å². The molecule has 0 saturated carbocycles. The van der Waals surface area contributed by atoms with Crippen LogP contribution in [0.25, 0.3) is 5.57 Å². The molecule has 0 amide bonds. The van der Waals surface area contributed by atoms with E-state index in [4.69, 9.17) is 0 Å². The summed E-state index contributed by atoms with van der Waals surface area (Å²) in [6.45, 7) is 23.5. The lowest BCUT2D eigenvalue weighted by molar-refractivity contribution is 0.951. The molecule has 0 atom stereocenters. The summed E-state index contributed by atoms with van der Waals surface area (Å²) >= 11 is 0. The molecule has 2 aromatic carbocycles. The van der Waals surface area contributed by atoms with Crippen LogP contribution in [0.1, 0.15) is 66.5 Å². The van der Waals surface area contributed by atoms with Crippen LogP contribution in [0.4, 0.5) is 0 Å². The molecule has 0 aliphatic carbocycles. The third-order valence-electron chi connectivity index (χ3n) is 6.16. The minimum atomic E-state index is -0.927. The topological polar surface area (TPSA) is 0 Å². The average molecular weight is 409 g/mol. The molecule has 0 aliphatic rings. The van der Waals surface area contributed by atoms with Crippen LogP contribution >= 0.6 is 0 Å². The molecule has 0 bridgehead atoms. The molecule has 0 aliphatic heterocycles. The fraction of sp³-hybridized carbons (Fsp3) is 0.462. The van der Waals surface area contributed by atoms with Gasteiger partial charge in [-0.25, -0.2) is 0 Å². The molecular formula is C26H40Si2. The average Bonchev–Trinajstić information content (AvgIpc) is 2.61. The maximum atomic E-state index is 4.41. The third kappa shape index (κ3) is 5.36. The Balaban J connectivity index is 2.22. The van der Waals surface area contributed by atoms with Gasteiger partial charge in [-0.3, -0.25) is 0 Å². The van der Waals surface area contributed by atoms with Gasteiger partial charge in [-0.05, 0) is 38.9 Å². The van der Waals surface area contributed by atoms with Gasteiger partial charge in [-0.2, -0.15) is 0 Å². The molecule has 152 valence electrons. The third-order valence-corrected chi connectivity index (χ3v) is 14.2. The molecule has 2 rings (SSSR count). The zero-order valence-electron chi connectivity index (χ0n) is 19.3. The molecule has 28 heavy (non-hydrogen) atoms. The highest BCUT2D eigenvalue weighted by atomic mass is 28.3. The van der Waals surface area contributed by atoms with Gasteiger partial charge in [0.15, 0.2) is 0 Å². The van der Waals surface area contributed by atoms with Gasteiger partial charge in [0.1, 0.15) is 0 Å². The summed E-state index contributed by atoms with van der Waals surface area (Å²) in [6.07, 6.45) is 0. The standard InChI is InChI=1S/C26H40Si2/c1-18(2)27(19(3)4)25-14-10-23(11-15-25)22(9)24-12-16-26(17-13-24)28(20(5)6)21(7)8/h10-21,27-28H,9H2,1-8H3. The molecule has 2 aromatic rings. The van der Waals surface area contributed by atoms with Gasteiger partial charge in [-0.15, -0.1) is 0 Å². The lowest BCUT2D eigenvalue weighted by atomic mass is 10.00. The Kier molecular flexibility index (Phi) is 8.09. The molecule has 2 heteroatoms.